The molecule has 1 unspecified atom stereocenters. The van der Waals surface area contributed by atoms with E-state index in [1.807, 2.05) is 12.3 Å². The van der Waals surface area contributed by atoms with Gasteiger partial charge in [0.1, 0.15) is 11.3 Å². The van der Waals surface area contributed by atoms with E-state index in [0.717, 1.165) is 47.5 Å². The maximum absolute atomic E-state index is 9.58. The third-order valence-electron chi connectivity index (χ3n) is 6.73. The molecule has 1 aliphatic rings. The first kappa shape index (κ1) is 19.5. The minimum Gasteiger partial charge on any atom is -0.280 e. The number of fused-ring (bicyclic) bond motifs is 3. The van der Waals surface area contributed by atoms with Gasteiger partial charge < -0.3 is 0 Å². The van der Waals surface area contributed by atoms with Crippen molar-refractivity contribution >= 4 is 11.2 Å². The van der Waals surface area contributed by atoms with Crippen LogP contribution in [0.15, 0.2) is 48.7 Å². The number of hydrogen-bond donors (Lipinski definition) is 0. The Kier molecular flexibility index (Phi) is 4.82. The van der Waals surface area contributed by atoms with E-state index < -0.39 is 0 Å². The van der Waals surface area contributed by atoms with Crippen molar-refractivity contribution in [2.45, 2.75) is 52.4 Å². The minimum absolute atomic E-state index is 0.122. The van der Waals surface area contributed by atoms with Gasteiger partial charge in [-0.25, -0.2) is 9.97 Å². The van der Waals surface area contributed by atoms with Crippen LogP contribution in [0.4, 0.5) is 0 Å². The number of aromatic nitrogens is 3. The van der Waals surface area contributed by atoms with Crippen molar-refractivity contribution in [3.63, 3.8) is 0 Å². The van der Waals surface area contributed by atoms with Crippen LogP contribution < -0.4 is 0 Å². The van der Waals surface area contributed by atoms with Gasteiger partial charge in [-0.2, -0.15) is 5.26 Å². The first-order valence-electron chi connectivity index (χ1n) is 11.0. The van der Waals surface area contributed by atoms with Gasteiger partial charge in [0.05, 0.1) is 11.8 Å². The van der Waals surface area contributed by atoms with E-state index in [0.29, 0.717) is 6.42 Å². The molecule has 2 aromatic carbocycles. The zero-order chi connectivity index (χ0) is 21.5. The van der Waals surface area contributed by atoms with Crippen molar-refractivity contribution in [1.82, 2.24) is 14.5 Å². The van der Waals surface area contributed by atoms with E-state index >= 15 is 0 Å². The van der Waals surface area contributed by atoms with Gasteiger partial charge in [-0.3, -0.25) is 4.57 Å². The molecule has 154 valence electrons. The van der Waals surface area contributed by atoms with Crippen molar-refractivity contribution in [1.29, 1.82) is 5.26 Å². The molecule has 5 rings (SSSR count). The summed E-state index contributed by atoms with van der Waals surface area (Å²) in [6.07, 6.45) is 5.19. The van der Waals surface area contributed by atoms with Crippen molar-refractivity contribution in [3.8, 4) is 11.8 Å². The molecule has 4 nitrogen and oxygen atoms in total. The fourth-order valence-corrected chi connectivity index (χ4v) is 5.14. The molecule has 0 amide bonds. The third-order valence-corrected chi connectivity index (χ3v) is 6.73. The molecule has 4 aromatic rings. The van der Waals surface area contributed by atoms with E-state index in [1.54, 1.807) is 0 Å². The molecule has 2 heterocycles. The van der Waals surface area contributed by atoms with E-state index in [4.69, 9.17) is 9.97 Å². The highest BCUT2D eigenvalue weighted by Gasteiger charge is 2.26. The summed E-state index contributed by atoms with van der Waals surface area (Å²) in [5.74, 6) is 1.15. The molecule has 0 radical (unpaired) electrons. The summed E-state index contributed by atoms with van der Waals surface area (Å²) in [7, 11) is 0. The SMILES string of the molecule is CCc1nc2c(C)ccnc2n1-c1ccc2c(c1C)CCc1ccccc1C2CC#N. The van der Waals surface area contributed by atoms with E-state index in [2.05, 4.69) is 67.8 Å². The Morgan fingerprint density at radius 2 is 1.90 bits per heavy atom. The van der Waals surface area contributed by atoms with Gasteiger partial charge in [0.25, 0.3) is 0 Å². The molecule has 0 bridgehead atoms. The summed E-state index contributed by atoms with van der Waals surface area (Å²) in [6, 6.07) is 17.5. The molecule has 4 heteroatoms. The second-order valence-electron chi connectivity index (χ2n) is 8.41. The summed E-state index contributed by atoms with van der Waals surface area (Å²) in [5, 5.41) is 9.58. The Labute approximate surface area is 183 Å². The van der Waals surface area contributed by atoms with Crippen LogP contribution in [0.3, 0.4) is 0 Å². The molecule has 0 fully saturated rings. The molecule has 0 spiro atoms. The Balaban J connectivity index is 1.74. The Morgan fingerprint density at radius 3 is 2.71 bits per heavy atom. The topological polar surface area (TPSA) is 54.5 Å². The van der Waals surface area contributed by atoms with Gasteiger partial charge in [-0.15, -0.1) is 0 Å². The molecule has 0 saturated carbocycles. The highest BCUT2D eigenvalue weighted by atomic mass is 15.1. The summed E-state index contributed by atoms with van der Waals surface area (Å²) >= 11 is 0. The number of nitriles is 1. The second-order valence-corrected chi connectivity index (χ2v) is 8.41. The van der Waals surface area contributed by atoms with E-state index in [1.165, 1.54) is 27.8 Å². The van der Waals surface area contributed by atoms with Crippen LogP contribution in [-0.4, -0.2) is 14.5 Å². The molecule has 0 saturated heterocycles. The lowest BCUT2D eigenvalue weighted by Crippen LogP contribution is -2.09. The van der Waals surface area contributed by atoms with Gasteiger partial charge >= 0.3 is 0 Å². The Hall–Kier alpha value is -3.45. The number of benzene rings is 2. The summed E-state index contributed by atoms with van der Waals surface area (Å²) in [4.78, 5) is 9.61. The average molecular weight is 407 g/mol. The van der Waals surface area contributed by atoms with Crippen molar-refractivity contribution < 1.29 is 0 Å². The number of hydrogen-bond acceptors (Lipinski definition) is 3. The Morgan fingerprint density at radius 1 is 1.06 bits per heavy atom. The first-order chi connectivity index (χ1) is 15.1. The zero-order valence-electron chi connectivity index (χ0n) is 18.3. The average Bonchev–Trinajstić information content (AvgIpc) is 3.09. The number of pyridine rings is 1. The highest BCUT2D eigenvalue weighted by Crippen LogP contribution is 2.39. The van der Waals surface area contributed by atoms with Gasteiger partial charge in [0, 0.05) is 25.0 Å². The molecule has 2 aromatic heterocycles. The maximum Gasteiger partial charge on any atom is 0.164 e. The van der Waals surface area contributed by atoms with Crippen LogP contribution >= 0.6 is 0 Å². The highest BCUT2D eigenvalue weighted by molar-refractivity contribution is 5.78. The lowest BCUT2D eigenvalue weighted by molar-refractivity contribution is 0.825. The number of nitrogens with zero attached hydrogens (tertiary/aromatic N) is 4. The molecule has 0 aliphatic heterocycles. The molecule has 1 aliphatic carbocycles. The van der Waals surface area contributed by atoms with Crippen molar-refractivity contribution in [3.05, 3.63) is 87.9 Å². The molecule has 0 N–H and O–H groups in total. The van der Waals surface area contributed by atoms with Gasteiger partial charge in [-0.1, -0.05) is 37.3 Å². The minimum atomic E-state index is 0.122. The largest absolute Gasteiger partial charge is 0.280 e. The summed E-state index contributed by atoms with van der Waals surface area (Å²) in [6.45, 7) is 6.45. The fourth-order valence-electron chi connectivity index (χ4n) is 5.14. The summed E-state index contributed by atoms with van der Waals surface area (Å²) < 4.78 is 2.23. The van der Waals surface area contributed by atoms with Gasteiger partial charge in [-0.05, 0) is 72.2 Å². The standard InChI is InChI=1S/C27H26N4/c1-4-25-30-26-17(2)14-16-29-27(26)31(25)24-12-11-22-20(18(24)3)10-9-19-7-5-6-8-21(19)23(22)13-15-28/h5-8,11-12,14,16,23H,4,9-10,13H2,1-3H3. The van der Waals surface area contributed by atoms with Crippen molar-refractivity contribution in [2.75, 3.05) is 0 Å². The Bertz CT molecular complexity index is 1340. The number of aryl methyl sites for hydroxylation is 3. The van der Waals surface area contributed by atoms with Crippen LogP contribution in [0.5, 0.6) is 0 Å². The quantitative estimate of drug-likeness (QED) is 0.436. The van der Waals surface area contributed by atoms with Gasteiger partial charge in [0.15, 0.2) is 5.65 Å². The normalized spacial score (nSPS) is 15.2. The fraction of sp³-hybridized carbons (Fsp3) is 0.296. The molecule has 31 heavy (non-hydrogen) atoms. The number of rotatable bonds is 3. The monoisotopic (exact) mass is 406 g/mol. The van der Waals surface area contributed by atoms with E-state index in [9.17, 15) is 5.26 Å². The predicted octanol–water partition coefficient (Wildman–Crippen LogP) is 5.74. The molecular formula is C27H26N4. The first-order valence-corrected chi connectivity index (χ1v) is 11.0. The second kappa shape index (κ2) is 7.67. The smallest absolute Gasteiger partial charge is 0.164 e. The van der Waals surface area contributed by atoms with Crippen LogP contribution in [0.25, 0.3) is 16.9 Å². The van der Waals surface area contributed by atoms with Crippen LogP contribution in [0.1, 0.15) is 58.5 Å². The van der Waals surface area contributed by atoms with Gasteiger partial charge in [0.2, 0.25) is 0 Å². The van der Waals surface area contributed by atoms with Crippen LogP contribution in [0.2, 0.25) is 0 Å². The van der Waals surface area contributed by atoms with Crippen LogP contribution in [0, 0.1) is 25.2 Å². The van der Waals surface area contributed by atoms with Crippen LogP contribution in [-0.2, 0) is 19.3 Å². The lowest BCUT2D eigenvalue weighted by atomic mass is 9.84. The number of imidazole rings is 1. The summed E-state index contributed by atoms with van der Waals surface area (Å²) in [5.41, 5.74) is 10.8. The third kappa shape index (κ3) is 3.04. The maximum atomic E-state index is 9.58. The molecule has 1 atom stereocenters. The van der Waals surface area contributed by atoms with E-state index in [-0.39, 0.29) is 5.92 Å². The lowest BCUT2D eigenvalue weighted by Gasteiger charge is -2.21. The predicted molar refractivity (Wildman–Crippen MR) is 124 cm³/mol. The zero-order valence-corrected chi connectivity index (χ0v) is 18.3. The molecular weight excluding hydrogens is 380 g/mol. The van der Waals surface area contributed by atoms with Crippen molar-refractivity contribution in [2.24, 2.45) is 0 Å².